The molecule has 120 valence electrons. The molecular formula is C20H19N3O. The molecule has 0 bridgehead atoms. The average Bonchev–Trinajstić information content (AvgIpc) is 2.60. The van der Waals surface area contributed by atoms with Crippen LogP contribution in [0.25, 0.3) is 0 Å². The Labute approximate surface area is 141 Å². The van der Waals surface area contributed by atoms with E-state index in [2.05, 4.69) is 16.0 Å². The molecule has 3 aromatic carbocycles. The van der Waals surface area contributed by atoms with E-state index in [0.29, 0.717) is 0 Å². The number of urea groups is 1. The molecule has 3 rings (SSSR count). The summed E-state index contributed by atoms with van der Waals surface area (Å²) in [5.41, 5.74) is 4.55. The first-order valence-corrected chi connectivity index (χ1v) is 7.76. The number of rotatable bonds is 4. The molecule has 0 unspecified atom stereocenters. The van der Waals surface area contributed by atoms with E-state index < -0.39 is 0 Å². The van der Waals surface area contributed by atoms with Crippen LogP contribution in [-0.4, -0.2) is 6.03 Å². The highest BCUT2D eigenvalue weighted by molar-refractivity contribution is 6.00. The number of aryl methyl sites for hydroxylation is 1. The van der Waals surface area contributed by atoms with Gasteiger partial charge in [-0.05, 0) is 55.0 Å². The predicted octanol–water partition coefficient (Wildman–Crippen LogP) is 5.38. The van der Waals surface area contributed by atoms with Crippen LogP contribution in [0.1, 0.15) is 5.56 Å². The smallest absolute Gasteiger partial charge is 0.323 e. The minimum atomic E-state index is -0.256. The third kappa shape index (κ3) is 4.14. The van der Waals surface area contributed by atoms with Gasteiger partial charge in [0.25, 0.3) is 0 Å². The molecular weight excluding hydrogens is 298 g/mol. The molecule has 0 radical (unpaired) electrons. The average molecular weight is 317 g/mol. The molecule has 0 aliphatic heterocycles. The zero-order valence-electron chi connectivity index (χ0n) is 13.4. The number of carbonyl (C=O) groups is 1. The molecule has 3 aromatic rings. The zero-order chi connectivity index (χ0) is 16.8. The topological polar surface area (TPSA) is 53.2 Å². The number of carbonyl (C=O) groups excluding carboxylic acids is 1. The molecule has 0 saturated carbocycles. The van der Waals surface area contributed by atoms with Crippen molar-refractivity contribution >= 4 is 28.8 Å². The summed E-state index contributed by atoms with van der Waals surface area (Å²) in [6.07, 6.45) is 0. The molecule has 0 atom stereocenters. The van der Waals surface area contributed by atoms with Crippen molar-refractivity contribution in [2.45, 2.75) is 6.92 Å². The SMILES string of the molecule is Cc1ccccc1NC(=O)Nc1ccc(Nc2ccccc2)cc1. The van der Waals surface area contributed by atoms with Gasteiger partial charge in [-0.25, -0.2) is 4.79 Å². The number of benzene rings is 3. The lowest BCUT2D eigenvalue weighted by Gasteiger charge is -2.11. The molecule has 2 amide bonds. The van der Waals surface area contributed by atoms with E-state index in [1.54, 1.807) is 0 Å². The number of hydrogen-bond acceptors (Lipinski definition) is 2. The lowest BCUT2D eigenvalue weighted by atomic mass is 10.2. The van der Waals surface area contributed by atoms with Crippen LogP contribution in [-0.2, 0) is 0 Å². The van der Waals surface area contributed by atoms with E-state index in [1.165, 1.54) is 0 Å². The van der Waals surface area contributed by atoms with Gasteiger partial charge in [0.05, 0.1) is 0 Å². The standard InChI is InChI=1S/C20H19N3O/c1-15-7-5-6-10-19(15)23-20(24)22-18-13-11-17(12-14-18)21-16-8-3-2-4-9-16/h2-14,21H,1H3,(H2,22,23,24). The molecule has 4 nitrogen and oxygen atoms in total. The third-order valence-electron chi connectivity index (χ3n) is 3.60. The highest BCUT2D eigenvalue weighted by Crippen LogP contribution is 2.19. The molecule has 4 heteroatoms. The number of anilines is 4. The summed E-state index contributed by atoms with van der Waals surface area (Å²) in [6.45, 7) is 1.96. The lowest BCUT2D eigenvalue weighted by Crippen LogP contribution is -2.19. The monoisotopic (exact) mass is 317 g/mol. The van der Waals surface area contributed by atoms with Crippen LogP contribution in [0.15, 0.2) is 78.9 Å². The van der Waals surface area contributed by atoms with Gasteiger partial charge in [-0.2, -0.15) is 0 Å². The number of amides is 2. The minimum absolute atomic E-state index is 0.256. The van der Waals surface area contributed by atoms with E-state index in [0.717, 1.165) is 28.3 Å². The van der Waals surface area contributed by atoms with Crippen molar-refractivity contribution in [3.05, 3.63) is 84.4 Å². The van der Waals surface area contributed by atoms with E-state index in [1.807, 2.05) is 85.8 Å². The van der Waals surface area contributed by atoms with Gasteiger partial charge in [0.15, 0.2) is 0 Å². The molecule has 3 N–H and O–H groups in total. The Kier molecular flexibility index (Phi) is 4.77. The quantitative estimate of drug-likeness (QED) is 0.605. The van der Waals surface area contributed by atoms with Gasteiger partial charge in [-0.15, -0.1) is 0 Å². The van der Waals surface area contributed by atoms with Crippen molar-refractivity contribution in [2.24, 2.45) is 0 Å². The van der Waals surface area contributed by atoms with Crippen molar-refractivity contribution in [1.82, 2.24) is 0 Å². The molecule has 24 heavy (non-hydrogen) atoms. The Morgan fingerprint density at radius 1 is 0.667 bits per heavy atom. The summed E-state index contributed by atoms with van der Waals surface area (Å²) in [6, 6.07) is 24.9. The van der Waals surface area contributed by atoms with Crippen LogP contribution in [0.2, 0.25) is 0 Å². The van der Waals surface area contributed by atoms with Gasteiger partial charge >= 0.3 is 6.03 Å². The van der Waals surface area contributed by atoms with E-state index in [9.17, 15) is 4.79 Å². The first-order valence-electron chi connectivity index (χ1n) is 7.76. The van der Waals surface area contributed by atoms with Crippen molar-refractivity contribution in [3.63, 3.8) is 0 Å². The highest BCUT2D eigenvalue weighted by atomic mass is 16.2. The van der Waals surface area contributed by atoms with Crippen molar-refractivity contribution in [2.75, 3.05) is 16.0 Å². The van der Waals surface area contributed by atoms with Gasteiger partial charge in [-0.1, -0.05) is 36.4 Å². The molecule has 0 aliphatic carbocycles. The predicted molar refractivity (Wildman–Crippen MR) is 100.0 cm³/mol. The second-order valence-corrected chi connectivity index (χ2v) is 5.46. The maximum atomic E-state index is 12.1. The van der Waals surface area contributed by atoms with Gasteiger partial charge in [0.1, 0.15) is 0 Å². The fourth-order valence-corrected chi connectivity index (χ4v) is 2.32. The first kappa shape index (κ1) is 15.6. The van der Waals surface area contributed by atoms with E-state index >= 15 is 0 Å². The van der Waals surface area contributed by atoms with E-state index in [-0.39, 0.29) is 6.03 Å². The van der Waals surface area contributed by atoms with Crippen LogP contribution in [0, 0.1) is 6.92 Å². The van der Waals surface area contributed by atoms with Gasteiger partial charge < -0.3 is 16.0 Å². The van der Waals surface area contributed by atoms with Gasteiger partial charge in [0, 0.05) is 22.7 Å². The van der Waals surface area contributed by atoms with Gasteiger partial charge in [-0.3, -0.25) is 0 Å². The summed E-state index contributed by atoms with van der Waals surface area (Å²) in [5, 5.41) is 8.98. The summed E-state index contributed by atoms with van der Waals surface area (Å²) < 4.78 is 0. The second kappa shape index (κ2) is 7.33. The Balaban J connectivity index is 1.60. The Hall–Kier alpha value is -3.27. The van der Waals surface area contributed by atoms with Crippen molar-refractivity contribution in [1.29, 1.82) is 0 Å². The third-order valence-corrected chi connectivity index (χ3v) is 3.60. The molecule has 0 spiro atoms. The molecule has 0 fully saturated rings. The fraction of sp³-hybridized carbons (Fsp3) is 0.0500. The van der Waals surface area contributed by atoms with Crippen molar-refractivity contribution < 1.29 is 4.79 Å². The number of para-hydroxylation sites is 2. The summed E-state index contributed by atoms with van der Waals surface area (Å²) in [5.74, 6) is 0. The Morgan fingerprint density at radius 2 is 1.25 bits per heavy atom. The molecule has 0 aliphatic rings. The second-order valence-electron chi connectivity index (χ2n) is 5.46. The molecule has 0 aromatic heterocycles. The first-order chi connectivity index (χ1) is 11.7. The zero-order valence-corrected chi connectivity index (χ0v) is 13.4. The largest absolute Gasteiger partial charge is 0.356 e. The van der Waals surface area contributed by atoms with Crippen LogP contribution in [0.3, 0.4) is 0 Å². The maximum Gasteiger partial charge on any atom is 0.323 e. The normalized spacial score (nSPS) is 10.0. The maximum absolute atomic E-state index is 12.1. The summed E-state index contributed by atoms with van der Waals surface area (Å²) >= 11 is 0. The summed E-state index contributed by atoms with van der Waals surface area (Å²) in [7, 11) is 0. The van der Waals surface area contributed by atoms with Gasteiger partial charge in [0.2, 0.25) is 0 Å². The van der Waals surface area contributed by atoms with E-state index in [4.69, 9.17) is 0 Å². The lowest BCUT2D eigenvalue weighted by molar-refractivity contribution is 0.262. The molecule has 0 saturated heterocycles. The highest BCUT2D eigenvalue weighted by Gasteiger charge is 2.04. The fourth-order valence-electron chi connectivity index (χ4n) is 2.32. The number of nitrogens with one attached hydrogen (secondary N) is 3. The van der Waals surface area contributed by atoms with Crippen LogP contribution in [0.5, 0.6) is 0 Å². The van der Waals surface area contributed by atoms with Crippen molar-refractivity contribution in [3.8, 4) is 0 Å². The summed E-state index contributed by atoms with van der Waals surface area (Å²) in [4.78, 5) is 12.1. The minimum Gasteiger partial charge on any atom is -0.356 e. The Bertz CT molecular complexity index is 814. The number of hydrogen-bond donors (Lipinski definition) is 3. The van der Waals surface area contributed by atoms with Crippen LogP contribution >= 0.6 is 0 Å². The molecule has 0 heterocycles. The van der Waals surface area contributed by atoms with Crippen LogP contribution in [0.4, 0.5) is 27.5 Å². The Morgan fingerprint density at radius 3 is 1.96 bits per heavy atom. The van der Waals surface area contributed by atoms with Crippen LogP contribution < -0.4 is 16.0 Å².